The van der Waals surface area contributed by atoms with E-state index in [4.69, 9.17) is 13.9 Å². The molecule has 0 bridgehead atoms. The third-order valence-electron chi connectivity index (χ3n) is 4.82. The van der Waals surface area contributed by atoms with Crippen LogP contribution in [0.1, 0.15) is 47.5 Å². The average molecular weight is 441 g/mol. The summed E-state index contributed by atoms with van der Waals surface area (Å²) in [6, 6.07) is 8.49. The molecule has 0 aliphatic heterocycles. The topological polar surface area (TPSA) is 86.0 Å². The number of allylic oxidation sites excluding steroid dienone is 1. The van der Waals surface area contributed by atoms with E-state index in [1.807, 2.05) is 52.0 Å². The van der Waals surface area contributed by atoms with E-state index in [1.165, 1.54) is 13.0 Å². The Labute approximate surface area is 188 Å². The summed E-state index contributed by atoms with van der Waals surface area (Å²) >= 11 is 0. The molecule has 0 fully saturated rings. The molecule has 0 amide bonds. The van der Waals surface area contributed by atoms with E-state index in [9.17, 15) is 14.7 Å². The lowest BCUT2D eigenvalue weighted by Crippen LogP contribution is -2.19. The molecule has 0 aliphatic carbocycles. The molecular weight excluding hydrogens is 408 g/mol. The first-order valence-corrected chi connectivity index (χ1v) is 10.6. The van der Waals surface area contributed by atoms with Crippen molar-refractivity contribution in [1.82, 2.24) is 0 Å². The third-order valence-corrected chi connectivity index (χ3v) is 4.82. The second kappa shape index (κ2) is 12.1. The summed E-state index contributed by atoms with van der Waals surface area (Å²) in [4.78, 5) is 22.9. The maximum atomic E-state index is 11.5. The fourth-order valence-electron chi connectivity index (χ4n) is 3.21. The maximum Gasteiger partial charge on any atom is 0.336 e. The van der Waals surface area contributed by atoms with Crippen molar-refractivity contribution in [1.29, 1.82) is 0 Å². The Balaban J connectivity index is 1.99. The van der Waals surface area contributed by atoms with Gasteiger partial charge in [-0.15, -0.1) is 0 Å². The monoisotopic (exact) mass is 440 g/mol. The van der Waals surface area contributed by atoms with E-state index < -0.39 is 17.8 Å². The first kappa shape index (κ1) is 25.1. The van der Waals surface area contributed by atoms with Crippen molar-refractivity contribution in [3.63, 3.8) is 0 Å². The van der Waals surface area contributed by atoms with Gasteiger partial charge >= 0.3 is 11.6 Å². The van der Waals surface area contributed by atoms with Crippen LogP contribution in [0.4, 0.5) is 0 Å². The minimum absolute atomic E-state index is 0.273. The Bertz CT molecular complexity index is 1070. The summed E-state index contributed by atoms with van der Waals surface area (Å²) in [6.07, 6.45) is 5.48. The van der Waals surface area contributed by atoms with E-state index in [2.05, 4.69) is 0 Å². The third kappa shape index (κ3) is 8.19. The van der Waals surface area contributed by atoms with E-state index in [1.54, 1.807) is 18.2 Å². The number of hydrogen-bond donors (Lipinski definition) is 1. The molecule has 172 valence electrons. The van der Waals surface area contributed by atoms with Gasteiger partial charge in [0.25, 0.3) is 0 Å². The molecule has 0 aliphatic rings. The molecule has 2 rings (SSSR count). The lowest BCUT2D eigenvalue weighted by molar-refractivity contribution is -0.144. The van der Waals surface area contributed by atoms with E-state index in [0.717, 1.165) is 22.1 Å². The van der Waals surface area contributed by atoms with Crippen molar-refractivity contribution in [3.05, 3.63) is 75.7 Å². The SMILES string of the molecule is CC(=O)OC(CC=C(C)C)C(C)=CC(O)CC(C)=CCOc1cccc2ccc(=O)oc12. The Morgan fingerprint density at radius 1 is 1.09 bits per heavy atom. The molecule has 6 nitrogen and oxygen atoms in total. The van der Waals surface area contributed by atoms with Crippen molar-refractivity contribution in [2.45, 2.75) is 59.7 Å². The van der Waals surface area contributed by atoms with Gasteiger partial charge in [-0.05, 0) is 57.9 Å². The molecule has 1 heterocycles. The first-order valence-electron chi connectivity index (χ1n) is 10.6. The number of para-hydroxylation sites is 1. The molecule has 1 aromatic carbocycles. The first-order chi connectivity index (χ1) is 15.2. The number of carbonyl (C=O) groups excluding carboxylic acids is 1. The van der Waals surface area contributed by atoms with Crippen LogP contribution < -0.4 is 10.4 Å². The fourth-order valence-corrected chi connectivity index (χ4v) is 3.21. The molecular formula is C26H32O6. The summed E-state index contributed by atoms with van der Waals surface area (Å²) in [6.45, 7) is 9.39. The lowest BCUT2D eigenvalue weighted by atomic mass is 10.0. The Morgan fingerprint density at radius 2 is 1.84 bits per heavy atom. The van der Waals surface area contributed by atoms with E-state index in [0.29, 0.717) is 24.2 Å². The highest BCUT2D eigenvalue weighted by Gasteiger charge is 2.15. The quantitative estimate of drug-likeness (QED) is 0.314. The predicted octanol–water partition coefficient (Wildman–Crippen LogP) is 5.10. The molecule has 2 unspecified atom stereocenters. The van der Waals surface area contributed by atoms with Crippen molar-refractivity contribution < 1.29 is 23.8 Å². The van der Waals surface area contributed by atoms with Crippen LogP contribution in [0.3, 0.4) is 0 Å². The van der Waals surface area contributed by atoms with E-state index in [-0.39, 0.29) is 12.6 Å². The van der Waals surface area contributed by atoms with Crippen LogP contribution in [0.5, 0.6) is 5.75 Å². The zero-order chi connectivity index (χ0) is 23.7. The number of aliphatic hydroxyl groups is 1. The normalized spacial score (nSPS) is 14.1. The predicted molar refractivity (Wildman–Crippen MR) is 126 cm³/mol. The van der Waals surface area contributed by atoms with Gasteiger partial charge < -0.3 is 19.0 Å². The number of carbonyl (C=O) groups is 1. The summed E-state index contributed by atoms with van der Waals surface area (Å²) < 4.78 is 16.4. The van der Waals surface area contributed by atoms with Crippen LogP contribution in [-0.2, 0) is 9.53 Å². The molecule has 2 atom stereocenters. The van der Waals surface area contributed by atoms with Crippen LogP contribution in [0.2, 0.25) is 0 Å². The number of fused-ring (bicyclic) bond motifs is 1. The van der Waals surface area contributed by atoms with Gasteiger partial charge in [0.05, 0.1) is 6.10 Å². The number of ether oxygens (including phenoxy) is 2. The average Bonchev–Trinajstić information content (AvgIpc) is 2.70. The molecule has 1 aromatic heterocycles. The van der Waals surface area contributed by atoms with Crippen LogP contribution in [0, 0.1) is 0 Å². The van der Waals surface area contributed by atoms with Gasteiger partial charge in [-0.2, -0.15) is 0 Å². The minimum Gasteiger partial charge on any atom is -0.486 e. The second-order valence-corrected chi connectivity index (χ2v) is 8.09. The zero-order valence-corrected chi connectivity index (χ0v) is 19.4. The summed E-state index contributed by atoms with van der Waals surface area (Å²) in [5, 5.41) is 11.3. The molecule has 0 saturated heterocycles. The molecule has 1 N–H and O–H groups in total. The van der Waals surface area contributed by atoms with Crippen LogP contribution in [-0.4, -0.2) is 29.9 Å². The molecule has 6 heteroatoms. The van der Waals surface area contributed by atoms with Crippen molar-refractivity contribution in [3.8, 4) is 5.75 Å². The zero-order valence-electron chi connectivity index (χ0n) is 19.4. The van der Waals surface area contributed by atoms with Crippen LogP contribution >= 0.6 is 0 Å². The van der Waals surface area contributed by atoms with Crippen LogP contribution in [0.15, 0.2) is 74.5 Å². The molecule has 0 saturated carbocycles. The largest absolute Gasteiger partial charge is 0.486 e. The van der Waals surface area contributed by atoms with Gasteiger partial charge in [0.15, 0.2) is 11.3 Å². The van der Waals surface area contributed by atoms with Crippen molar-refractivity contribution in [2.24, 2.45) is 0 Å². The molecule has 32 heavy (non-hydrogen) atoms. The highest BCUT2D eigenvalue weighted by molar-refractivity contribution is 5.82. The van der Waals surface area contributed by atoms with Crippen molar-refractivity contribution in [2.75, 3.05) is 6.61 Å². The number of rotatable bonds is 10. The highest BCUT2D eigenvalue weighted by Crippen LogP contribution is 2.24. The fraction of sp³-hybridized carbons (Fsp3) is 0.385. The summed E-state index contributed by atoms with van der Waals surface area (Å²) in [5.74, 6) is 0.140. The highest BCUT2D eigenvalue weighted by atomic mass is 16.5. The number of aliphatic hydroxyl groups excluding tert-OH is 1. The number of esters is 1. The smallest absolute Gasteiger partial charge is 0.336 e. The second-order valence-electron chi connectivity index (χ2n) is 8.09. The number of hydrogen-bond acceptors (Lipinski definition) is 6. The maximum absolute atomic E-state index is 11.5. The lowest BCUT2D eigenvalue weighted by Gasteiger charge is -2.18. The molecule has 0 radical (unpaired) electrons. The summed E-state index contributed by atoms with van der Waals surface area (Å²) in [5.41, 5.74) is 2.87. The summed E-state index contributed by atoms with van der Waals surface area (Å²) in [7, 11) is 0. The number of benzene rings is 1. The Kier molecular flexibility index (Phi) is 9.47. The van der Waals surface area contributed by atoms with Crippen molar-refractivity contribution >= 4 is 16.9 Å². The van der Waals surface area contributed by atoms with E-state index >= 15 is 0 Å². The Hall–Kier alpha value is -3.12. The van der Waals surface area contributed by atoms with Crippen LogP contribution in [0.25, 0.3) is 11.0 Å². The van der Waals surface area contributed by atoms with Gasteiger partial charge in [0.2, 0.25) is 0 Å². The molecule has 2 aromatic rings. The minimum atomic E-state index is -0.716. The standard InChI is InChI=1S/C26H32O6/c1-17(2)9-11-23(31-20(5)27)19(4)16-22(28)15-18(3)13-14-30-24-8-6-7-21-10-12-25(29)32-26(21)24/h6-10,12-13,16,22-23,28H,11,14-15H2,1-5H3. The van der Waals surface area contributed by atoms with Gasteiger partial charge in [0.1, 0.15) is 12.7 Å². The Morgan fingerprint density at radius 3 is 2.53 bits per heavy atom. The van der Waals surface area contributed by atoms with Gasteiger partial charge in [-0.3, -0.25) is 4.79 Å². The van der Waals surface area contributed by atoms with Gasteiger partial charge in [-0.1, -0.05) is 35.4 Å². The van der Waals surface area contributed by atoms with Gasteiger partial charge in [-0.25, -0.2) is 4.79 Å². The van der Waals surface area contributed by atoms with Gasteiger partial charge in [0, 0.05) is 24.8 Å². The molecule has 0 spiro atoms.